The fourth-order valence-electron chi connectivity index (χ4n) is 2.26. The Labute approximate surface area is 114 Å². The van der Waals surface area contributed by atoms with E-state index in [0.29, 0.717) is 19.6 Å². The highest BCUT2D eigenvalue weighted by atomic mass is 19.1. The number of piperazine rings is 1. The predicted octanol–water partition coefficient (Wildman–Crippen LogP) is 1.74. The third-order valence-electron chi connectivity index (χ3n) is 3.37. The first-order valence-electron chi connectivity index (χ1n) is 6.51. The van der Waals surface area contributed by atoms with E-state index in [9.17, 15) is 9.18 Å². The van der Waals surface area contributed by atoms with E-state index in [4.69, 9.17) is 6.57 Å². The summed E-state index contributed by atoms with van der Waals surface area (Å²) in [6.45, 7) is 15.1. The minimum absolute atomic E-state index is 0.0319. The summed E-state index contributed by atoms with van der Waals surface area (Å²) in [5.74, 6) is -0.195. The molecule has 0 saturated carbocycles. The lowest BCUT2D eigenvalue weighted by Gasteiger charge is -2.45. The molecule has 0 spiro atoms. The summed E-state index contributed by atoms with van der Waals surface area (Å²) in [6, 6.07) is -0.109. The number of hydrogen-bond donors (Lipinski definition) is 0. The van der Waals surface area contributed by atoms with E-state index < -0.39 is 6.67 Å². The van der Waals surface area contributed by atoms with Crippen molar-refractivity contribution in [2.24, 2.45) is 0 Å². The molecule has 0 radical (unpaired) electrons. The molecule has 19 heavy (non-hydrogen) atoms. The van der Waals surface area contributed by atoms with Crippen molar-refractivity contribution >= 4 is 5.91 Å². The molecule has 0 aromatic rings. The summed E-state index contributed by atoms with van der Waals surface area (Å²) < 4.78 is 12.1. The molecule has 106 valence electrons. The van der Waals surface area contributed by atoms with Crippen LogP contribution in [0.25, 0.3) is 4.85 Å². The maximum absolute atomic E-state index is 12.1. The van der Waals surface area contributed by atoms with Gasteiger partial charge in [-0.3, -0.25) is 9.69 Å². The van der Waals surface area contributed by atoms with Gasteiger partial charge in [-0.15, -0.1) is 0 Å². The molecule has 0 N–H and O–H groups in total. The molecule has 4 nitrogen and oxygen atoms in total. The standard InChI is InChI=1S/C14H22FN3O/c1-14(2,3)17-8-9-18(12(11-17)10-16-4)13(19)6-5-7-15/h5-6,12H,7-11H2,1-3H3/b6-5+/t12-/m0/s1. The first-order chi connectivity index (χ1) is 8.90. The van der Waals surface area contributed by atoms with Crippen molar-refractivity contribution < 1.29 is 9.18 Å². The highest BCUT2D eigenvalue weighted by Crippen LogP contribution is 2.20. The van der Waals surface area contributed by atoms with Crippen molar-refractivity contribution in [1.29, 1.82) is 0 Å². The lowest BCUT2D eigenvalue weighted by molar-refractivity contribution is -0.131. The highest BCUT2D eigenvalue weighted by Gasteiger charge is 2.35. The van der Waals surface area contributed by atoms with Crippen LogP contribution in [0, 0.1) is 6.57 Å². The quantitative estimate of drug-likeness (QED) is 0.575. The largest absolute Gasteiger partial charge is 0.326 e. The molecule has 0 aromatic carbocycles. The van der Waals surface area contributed by atoms with Gasteiger partial charge in [0.25, 0.3) is 0 Å². The number of amides is 1. The second-order valence-electron chi connectivity index (χ2n) is 5.70. The normalized spacial score (nSPS) is 21.6. The molecule has 0 aromatic heterocycles. The van der Waals surface area contributed by atoms with Crippen molar-refractivity contribution in [3.05, 3.63) is 23.6 Å². The Kier molecular flexibility index (Phi) is 5.49. The molecule has 0 bridgehead atoms. The van der Waals surface area contributed by atoms with Crippen molar-refractivity contribution in [1.82, 2.24) is 9.80 Å². The van der Waals surface area contributed by atoms with Crippen molar-refractivity contribution in [2.45, 2.75) is 32.4 Å². The average molecular weight is 267 g/mol. The summed E-state index contributed by atoms with van der Waals surface area (Å²) >= 11 is 0. The summed E-state index contributed by atoms with van der Waals surface area (Å²) in [6.07, 6.45) is 2.48. The van der Waals surface area contributed by atoms with Gasteiger partial charge in [0, 0.05) is 31.2 Å². The third-order valence-corrected chi connectivity index (χ3v) is 3.37. The first-order valence-corrected chi connectivity index (χ1v) is 6.51. The van der Waals surface area contributed by atoms with Crippen LogP contribution in [-0.2, 0) is 4.79 Å². The average Bonchev–Trinajstić information content (AvgIpc) is 2.35. The molecule has 1 rings (SSSR count). The van der Waals surface area contributed by atoms with Gasteiger partial charge in [-0.2, -0.15) is 0 Å². The zero-order valence-corrected chi connectivity index (χ0v) is 11.9. The van der Waals surface area contributed by atoms with Crippen LogP contribution in [0.5, 0.6) is 0 Å². The molecule has 1 fully saturated rings. The summed E-state index contributed by atoms with van der Waals surface area (Å²) in [4.78, 5) is 19.3. The van der Waals surface area contributed by atoms with Gasteiger partial charge < -0.3 is 9.74 Å². The maximum atomic E-state index is 12.1. The van der Waals surface area contributed by atoms with E-state index in [1.54, 1.807) is 4.90 Å². The SMILES string of the molecule is [C-]#[N+]C[C@H]1CN(C(C)(C)C)CCN1C(=O)/C=C/CF. The molecule has 0 aliphatic carbocycles. The van der Waals surface area contributed by atoms with Gasteiger partial charge >= 0.3 is 0 Å². The van der Waals surface area contributed by atoms with Crippen molar-refractivity contribution in [2.75, 3.05) is 32.9 Å². The van der Waals surface area contributed by atoms with Crippen LogP contribution in [0.3, 0.4) is 0 Å². The number of allylic oxidation sites excluding steroid dienone is 1. The van der Waals surface area contributed by atoms with Crippen LogP contribution < -0.4 is 0 Å². The first kappa shape index (κ1) is 15.6. The zero-order valence-electron chi connectivity index (χ0n) is 11.9. The van der Waals surface area contributed by atoms with E-state index >= 15 is 0 Å². The van der Waals surface area contributed by atoms with E-state index in [2.05, 4.69) is 30.5 Å². The topological polar surface area (TPSA) is 27.9 Å². The van der Waals surface area contributed by atoms with Gasteiger partial charge in [-0.1, -0.05) is 0 Å². The van der Waals surface area contributed by atoms with Crippen LogP contribution in [0.4, 0.5) is 4.39 Å². The van der Waals surface area contributed by atoms with Crippen molar-refractivity contribution in [3.8, 4) is 0 Å². The second kappa shape index (κ2) is 6.67. The second-order valence-corrected chi connectivity index (χ2v) is 5.70. The maximum Gasteiger partial charge on any atom is 0.246 e. The summed E-state index contributed by atoms with van der Waals surface area (Å²) in [5, 5.41) is 0. The summed E-state index contributed by atoms with van der Waals surface area (Å²) in [5.41, 5.74) is 0.0319. The Balaban J connectivity index is 2.77. The van der Waals surface area contributed by atoms with Crippen molar-refractivity contribution in [3.63, 3.8) is 0 Å². The molecule has 5 heteroatoms. The van der Waals surface area contributed by atoms with Crippen LogP contribution in [0.15, 0.2) is 12.2 Å². The molecule has 1 heterocycles. The fourth-order valence-corrected chi connectivity index (χ4v) is 2.26. The fraction of sp³-hybridized carbons (Fsp3) is 0.714. The monoisotopic (exact) mass is 267 g/mol. The lowest BCUT2D eigenvalue weighted by atomic mass is 10.0. The highest BCUT2D eigenvalue weighted by molar-refractivity contribution is 5.88. The van der Waals surface area contributed by atoms with Crippen LogP contribution >= 0.6 is 0 Å². The van der Waals surface area contributed by atoms with Gasteiger partial charge in [-0.05, 0) is 26.8 Å². The molecule has 1 amide bonds. The number of rotatable bonds is 3. The molecule has 0 unspecified atom stereocenters. The van der Waals surface area contributed by atoms with Gasteiger partial charge in [0.1, 0.15) is 12.7 Å². The molecule has 1 saturated heterocycles. The molecular weight excluding hydrogens is 245 g/mol. The third kappa shape index (κ3) is 4.32. The molecular formula is C14H22FN3O. The van der Waals surface area contributed by atoms with E-state index in [-0.39, 0.29) is 17.5 Å². The number of carbonyl (C=O) groups is 1. The van der Waals surface area contributed by atoms with E-state index in [1.165, 1.54) is 12.2 Å². The minimum Gasteiger partial charge on any atom is -0.326 e. The zero-order chi connectivity index (χ0) is 14.5. The van der Waals surface area contributed by atoms with E-state index in [0.717, 1.165) is 6.54 Å². The van der Waals surface area contributed by atoms with Gasteiger partial charge in [0.2, 0.25) is 12.5 Å². The lowest BCUT2D eigenvalue weighted by Crippen LogP contribution is -2.60. The number of halogens is 1. The minimum atomic E-state index is -0.638. The number of nitrogens with zero attached hydrogens (tertiary/aromatic N) is 3. The van der Waals surface area contributed by atoms with Crippen LogP contribution in [0.1, 0.15) is 20.8 Å². The Morgan fingerprint density at radius 1 is 1.47 bits per heavy atom. The van der Waals surface area contributed by atoms with Gasteiger partial charge in [0.15, 0.2) is 0 Å². The Morgan fingerprint density at radius 2 is 2.16 bits per heavy atom. The molecule has 1 aliphatic heterocycles. The smallest absolute Gasteiger partial charge is 0.246 e. The Morgan fingerprint density at radius 3 is 2.68 bits per heavy atom. The number of alkyl halides is 1. The van der Waals surface area contributed by atoms with Gasteiger partial charge in [-0.25, -0.2) is 11.0 Å². The van der Waals surface area contributed by atoms with Gasteiger partial charge in [0.05, 0.1) is 0 Å². The molecule has 1 aliphatic rings. The Hall–Kier alpha value is -1.41. The van der Waals surface area contributed by atoms with Crippen LogP contribution in [-0.4, -0.2) is 60.1 Å². The number of hydrogen-bond acceptors (Lipinski definition) is 2. The van der Waals surface area contributed by atoms with E-state index in [1.807, 2.05) is 0 Å². The molecule has 1 atom stereocenters. The van der Waals surface area contributed by atoms with Crippen LogP contribution in [0.2, 0.25) is 0 Å². The number of carbonyl (C=O) groups excluding carboxylic acids is 1. The predicted molar refractivity (Wildman–Crippen MR) is 73.4 cm³/mol. The summed E-state index contributed by atoms with van der Waals surface area (Å²) in [7, 11) is 0. The Bertz CT molecular complexity index is 381.